The largest absolute Gasteiger partial charge is 0.416 e. The topological polar surface area (TPSA) is 64.3 Å². The molecule has 152 valence electrons. The number of H-pyrrole nitrogens is 1. The van der Waals surface area contributed by atoms with Gasteiger partial charge in [0.15, 0.2) is 5.82 Å². The number of piperazine rings is 1. The number of benzene rings is 2. The SMILES string of the molecule is O=C(Nc1n[nH]c2ccccc12)N1CCN(c2cc(F)cc(C(F)(F)F)c2)CC1. The molecule has 0 atom stereocenters. The molecule has 6 nitrogen and oxygen atoms in total. The van der Waals surface area contributed by atoms with Gasteiger partial charge in [-0.15, -0.1) is 0 Å². The van der Waals surface area contributed by atoms with Gasteiger partial charge in [0.2, 0.25) is 0 Å². The van der Waals surface area contributed by atoms with Gasteiger partial charge in [-0.3, -0.25) is 10.4 Å². The molecule has 2 aromatic carbocycles. The van der Waals surface area contributed by atoms with E-state index >= 15 is 0 Å². The number of rotatable bonds is 2. The van der Waals surface area contributed by atoms with Gasteiger partial charge < -0.3 is 9.80 Å². The third-order valence-corrected chi connectivity index (χ3v) is 4.84. The van der Waals surface area contributed by atoms with Crippen molar-refractivity contribution in [2.75, 3.05) is 36.4 Å². The molecule has 2 amide bonds. The van der Waals surface area contributed by atoms with E-state index in [4.69, 9.17) is 0 Å². The fourth-order valence-electron chi connectivity index (χ4n) is 3.33. The number of hydrogen-bond acceptors (Lipinski definition) is 3. The standard InChI is InChI=1S/C19H17F4N5O/c20-13-9-12(19(21,22)23)10-14(11-13)27-5-7-28(8-6-27)18(29)24-17-15-3-1-2-4-16(15)25-26-17/h1-4,9-11H,5-8H2,(H2,24,25,26,29). The number of aromatic nitrogens is 2. The number of aromatic amines is 1. The number of carbonyl (C=O) groups is 1. The van der Waals surface area contributed by atoms with Crippen molar-refractivity contribution in [3.8, 4) is 0 Å². The van der Waals surface area contributed by atoms with E-state index in [1.54, 1.807) is 9.80 Å². The zero-order chi connectivity index (χ0) is 20.6. The van der Waals surface area contributed by atoms with Gasteiger partial charge in [0.25, 0.3) is 0 Å². The molecule has 2 heterocycles. The molecule has 0 saturated carbocycles. The number of carbonyl (C=O) groups excluding carboxylic acids is 1. The first-order chi connectivity index (χ1) is 13.8. The highest BCUT2D eigenvalue weighted by molar-refractivity contribution is 5.98. The van der Waals surface area contributed by atoms with Gasteiger partial charge in [-0.1, -0.05) is 12.1 Å². The lowest BCUT2D eigenvalue weighted by atomic mass is 10.1. The number of anilines is 2. The summed E-state index contributed by atoms with van der Waals surface area (Å²) >= 11 is 0. The summed E-state index contributed by atoms with van der Waals surface area (Å²) in [6, 6.07) is 9.47. The van der Waals surface area contributed by atoms with Crippen molar-refractivity contribution in [2.24, 2.45) is 0 Å². The van der Waals surface area contributed by atoms with Crippen LogP contribution in [0, 0.1) is 5.82 Å². The summed E-state index contributed by atoms with van der Waals surface area (Å²) in [6.07, 6.45) is -4.62. The number of amides is 2. The zero-order valence-corrected chi connectivity index (χ0v) is 15.1. The number of hydrogen-bond donors (Lipinski definition) is 2. The lowest BCUT2D eigenvalue weighted by Crippen LogP contribution is -2.50. The molecule has 10 heteroatoms. The molecule has 1 aliphatic heterocycles. The minimum atomic E-state index is -4.62. The Morgan fingerprint density at radius 2 is 1.79 bits per heavy atom. The Morgan fingerprint density at radius 3 is 2.52 bits per heavy atom. The molecule has 2 N–H and O–H groups in total. The number of halogens is 4. The second-order valence-electron chi connectivity index (χ2n) is 6.72. The summed E-state index contributed by atoms with van der Waals surface area (Å²) < 4.78 is 52.4. The van der Waals surface area contributed by atoms with Crippen molar-refractivity contribution in [1.82, 2.24) is 15.1 Å². The van der Waals surface area contributed by atoms with Crippen LogP contribution in [0.4, 0.5) is 33.9 Å². The van der Waals surface area contributed by atoms with Gasteiger partial charge in [0.1, 0.15) is 5.82 Å². The molecule has 1 aliphatic rings. The molecule has 1 aromatic heterocycles. The molecular formula is C19H17F4N5O. The Morgan fingerprint density at radius 1 is 1.07 bits per heavy atom. The Labute approximate surface area is 163 Å². The van der Waals surface area contributed by atoms with Gasteiger partial charge in [-0.2, -0.15) is 18.3 Å². The normalized spacial score (nSPS) is 15.0. The summed E-state index contributed by atoms with van der Waals surface area (Å²) in [4.78, 5) is 15.7. The van der Waals surface area contributed by atoms with E-state index in [-0.39, 0.29) is 37.9 Å². The van der Waals surface area contributed by atoms with Crippen molar-refractivity contribution in [3.05, 3.63) is 53.8 Å². The van der Waals surface area contributed by atoms with Crippen LogP contribution in [-0.4, -0.2) is 47.3 Å². The number of nitrogens with zero attached hydrogens (tertiary/aromatic N) is 3. The van der Waals surface area contributed by atoms with E-state index in [2.05, 4.69) is 15.5 Å². The van der Waals surface area contributed by atoms with E-state index in [0.717, 1.165) is 23.0 Å². The van der Waals surface area contributed by atoms with Gasteiger partial charge in [-0.25, -0.2) is 9.18 Å². The zero-order valence-electron chi connectivity index (χ0n) is 15.1. The highest BCUT2D eigenvalue weighted by Gasteiger charge is 2.32. The van der Waals surface area contributed by atoms with Crippen LogP contribution in [0.1, 0.15) is 5.56 Å². The van der Waals surface area contributed by atoms with Crippen LogP contribution in [0.3, 0.4) is 0 Å². The molecule has 0 radical (unpaired) electrons. The summed E-state index contributed by atoms with van der Waals surface area (Å²) in [7, 11) is 0. The van der Waals surface area contributed by atoms with Gasteiger partial charge in [0, 0.05) is 37.3 Å². The first kappa shape index (κ1) is 19.0. The Hall–Kier alpha value is -3.30. The van der Waals surface area contributed by atoms with Gasteiger partial charge >= 0.3 is 12.2 Å². The minimum Gasteiger partial charge on any atom is -0.368 e. The Bertz CT molecular complexity index is 1040. The number of fused-ring (bicyclic) bond motifs is 1. The van der Waals surface area contributed by atoms with E-state index in [9.17, 15) is 22.4 Å². The maximum absolute atomic E-state index is 13.6. The number of para-hydroxylation sites is 1. The van der Waals surface area contributed by atoms with E-state index in [1.165, 1.54) is 0 Å². The maximum Gasteiger partial charge on any atom is 0.416 e. The molecule has 4 rings (SSSR count). The smallest absolute Gasteiger partial charge is 0.368 e. The van der Waals surface area contributed by atoms with Gasteiger partial charge in [0.05, 0.1) is 11.1 Å². The summed E-state index contributed by atoms with van der Waals surface area (Å²) in [5, 5.41) is 10.4. The predicted octanol–water partition coefficient (Wildman–Crippen LogP) is 4.07. The second-order valence-corrected chi connectivity index (χ2v) is 6.72. The molecule has 0 spiro atoms. The summed E-state index contributed by atoms with van der Waals surface area (Å²) in [6.45, 7) is 1.14. The van der Waals surface area contributed by atoms with E-state index in [1.807, 2.05) is 24.3 Å². The number of nitrogens with one attached hydrogen (secondary N) is 2. The van der Waals surface area contributed by atoms with Crippen LogP contribution in [0.25, 0.3) is 10.9 Å². The molecule has 1 fully saturated rings. The van der Waals surface area contributed by atoms with Crippen molar-refractivity contribution < 1.29 is 22.4 Å². The second kappa shape index (κ2) is 7.26. The highest BCUT2D eigenvalue weighted by atomic mass is 19.4. The average molecular weight is 407 g/mol. The molecule has 1 saturated heterocycles. The first-order valence-corrected chi connectivity index (χ1v) is 8.93. The maximum atomic E-state index is 13.6. The Balaban J connectivity index is 1.42. The quantitative estimate of drug-likeness (QED) is 0.630. The molecule has 0 bridgehead atoms. The number of urea groups is 1. The van der Waals surface area contributed by atoms with Crippen LogP contribution >= 0.6 is 0 Å². The van der Waals surface area contributed by atoms with Crippen LogP contribution < -0.4 is 10.2 Å². The van der Waals surface area contributed by atoms with Crippen LogP contribution in [0.5, 0.6) is 0 Å². The van der Waals surface area contributed by atoms with Crippen LogP contribution in [0.15, 0.2) is 42.5 Å². The van der Waals surface area contributed by atoms with Crippen molar-refractivity contribution in [2.45, 2.75) is 6.18 Å². The third-order valence-electron chi connectivity index (χ3n) is 4.84. The summed E-state index contributed by atoms with van der Waals surface area (Å²) in [5.41, 5.74) is -0.0899. The van der Waals surface area contributed by atoms with Crippen molar-refractivity contribution in [3.63, 3.8) is 0 Å². The van der Waals surface area contributed by atoms with Gasteiger partial charge in [-0.05, 0) is 30.3 Å². The van der Waals surface area contributed by atoms with Crippen molar-refractivity contribution >= 4 is 28.4 Å². The minimum absolute atomic E-state index is 0.149. The van der Waals surface area contributed by atoms with E-state index < -0.39 is 17.6 Å². The summed E-state index contributed by atoms with van der Waals surface area (Å²) in [5.74, 6) is -0.534. The van der Waals surface area contributed by atoms with Crippen molar-refractivity contribution in [1.29, 1.82) is 0 Å². The van der Waals surface area contributed by atoms with Crippen LogP contribution in [0.2, 0.25) is 0 Å². The molecular weight excluding hydrogens is 390 g/mol. The molecule has 3 aromatic rings. The number of alkyl halides is 3. The first-order valence-electron chi connectivity index (χ1n) is 8.93. The molecule has 0 aliphatic carbocycles. The van der Waals surface area contributed by atoms with Crippen LogP contribution in [-0.2, 0) is 6.18 Å². The fraction of sp³-hybridized carbons (Fsp3) is 0.263. The van der Waals surface area contributed by atoms with E-state index in [0.29, 0.717) is 11.9 Å². The molecule has 0 unspecified atom stereocenters. The monoisotopic (exact) mass is 407 g/mol. The lowest BCUT2D eigenvalue weighted by molar-refractivity contribution is -0.137. The predicted molar refractivity (Wildman–Crippen MR) is 100 cm³/mol. The fourth-order valence-corrected chi connectivity index (χ4v) is 3.33. The molecule has 29 heavy (non-hydrogen) atoms. The Kier molecular flexibility index (Phi) is 4.77. The lowest BCUT2D eigenvalue weighted by Gasteiger charge is -2.36. The highest BCUT2D eigenvalue weighted by Crippen LogP contribution is 2.33. The average Bonchev–Trinajstić information content (AvgIpc) is 3.10. The third kappa shape index (κ3) is 3.96.